The Labute approximate surface area is 131 Å². The quantitative estimate of drug-likeness (QED) is 0.839. The molecule has 1 aromatic carbocycles. The van der Waals surface area contributed by atoms with E-state index in [1.807, 2.05) is 23.1 Å². The van der Waals surface area contributed by atoms with Crippen molar-refractivity contribution < 1.29 is 19.4 Å². The monoisotopic (exact) mass is 307 g/mol. The van der Waals surface area contributed by atoms with Gasteiger partial charge in [0.25, 0.3) is 0 Å². The number of likely N-dealkylation sites (tertiary alicyclic amines) is 1. The van der Waals surface area contributed by atoms with Crippen LogP contribution in [-0.4, -0.2) is 42.3 Å². The molecule has 0 bridgehead atoms. The Balaban J connectivity index is 2.09. The molecule has 0 saturated carbocycles. The van der Waals surface area contributed by atoms with Gasteiger partial charge in [-0.15, -0.1) is 0 Å². The van der Waals surface area contributed by atoms with Gasteiger partial charge in [0.15, 0.2) is 11.5 Å². The van der Waals surface area contributed by atoms with Crippen molar-refractivity contribution >= 4 is 5.97 Å². The number of piperidine rings is 1. The van der Waals surface area contributed by atoms with E-state index in [0.717, 1.165) is 43.5 Å². The number of methoxy groups -OCH3 is 1. The van der Waals surface area contributed by atoms with E-state index >= 15 is 0 Å². The highest BCUT2D eigenvalue weighted by Gasteiger charge is 2.28. The third-order valence-corrected chi connectivity index (χ3v) is 3.97. The molecule has 0 radical (unpaired) electrons. The smallest absolute Gasteiger partial charge is 0.320 e. The standard InChI is InChI=1S/C17H25NO4/c1-3-10-22-15-8-7-13(11-16(15)21-2)12-18-9-5-4-6-14(18)17(19)20/h7-8,11,14H,3-6,9-10,12H2,1-2H3,(H,19,20). The first-order chi connectivity index (χ1) is 10.7. The van der Waals surface area contributed by atoms with Crippen LogP contribution in [0, 0.1) is 0 Å². The minimum Gasteiger partial charge on any atom is -0.493 e. The summed E-state index contributed by atoms with van der Waals surface area (Å²) in [5.41, 5.74) is 1.05. The van der Waals surface area contributed by atoms with E-state index in [-0.39, 0.29) is 6.04 Å². The van der Waals surface area contributed by atoms with Crippen LogP contribution in [0.25, 0.3) is 0 Å². The highest BCUT2D eigenvalue weighted by atomic mass is 16.5. The Kier molecular flexibility index (Phi) is 6.07. The first-order valence-corrected chi connectivity index (χ1v) is 7.92. The Bertz CT molecular complexity index is 503. The number of nitrogens with zero attached hydrogens (tertiary/aromatic N) is 1. The lowest BCUT2D eigenvalue weighted by Gasteiger charge is -2.32. The molecule has 0 spiro atoms. The molecule has 0 aliphatic carbocycles. The average molecular weight is 307 g/mol. The fourth-order valence-corrected chi connectivity index (χ4v) is 2.84. The minimum atomic E-state index is -0.727. The number of carboxylic acid groups (broad SMARTS) is 1. The molecule has 1 aliphatic rings. The van der Waals surface area contributed by atoms with Crippen molar-refractivity contribution in [3.63, 3.8) is 0 Å². The zero-order valence-electron chi connectivity index (χ0n) is 13.4. The lowest BCUT2D eigenvalue weighted by molar-refractivity contribution is -0.144. The second-order valence-corrected chi connectivity index (χ2v) is 5.65. The topological polar surface area (TPSA) is 59.0 Å². The fourth-order valence-electron chi connectivity index (χ4n) is 2.84. The van der Waals surface area contributed by atoms with Crippen molar-refractivity contribution in [2.75, 3.05) is 20.3 Å². The van der Waals surface area contributed by atoms with Crippen molar-refractivity contribution in [2.24, 2.45) is 0 Å². The second kappa shape index (κ2) is 8.03. The van der Waals surface area contributed by atoms with E-state index in [1.54, 1.807) is 7.11 Å². The summed E-state index contributed by atoms with van der Waals surface area (Å²) in [6.07, 6.45) is 3.71. The van der Waals surface area contributed by atoms with E-state index in [1.165, 1.54) is 0 Å². The molecule has 2 rings (SSSR count). The molecule has 1 aromatic rings. The molecule has 1 atom stereocenters. The number of hydrogen-bond donors (Lipinski definition) is 1. The van der Waals surface area contributed by atoms with E-state index in [4.69, 9.17) is 9.47 Å². The number of hydrogen-bond acceptors (Lipinski definition) is 4. The number of benzene rings is 1. The van der Waals surface area contributed by atoms with Crippen molar-refractivity contribution in [3.05, 3.63) is 23.8 Å². The van der Waals surface area contributed by atoms with E-state index < -0.39 is 5.97 Å². The summed E-state index contributed by atoms with van der Waals surface area (Å²) < 4.78 is 11.0. The highest BCUT2D eigenvalue weighted by Crippen LogP contribution is 2.29. The number of carboxylic acids is 1. The molecule has 1 fully saturated rings. The van der Waals surface area contributed by atoms with Crippen molar-refractivity contribution in [1.29, 1.82) is 0 Å². The van der Waals surface area contributed by atoms with Gasteiger partial charge in [-0.05, 0) is 43.5 Å². The van der Waals surface area contributed by atoms with Crippen molar-refractivity contribution in [2.45, 2.75) is 45.2 Å². The lowest BCUT2D eigenvalue weighted by atomic mass is 10.0. The average Bonchev–Trinajstić information content (AvgIpc) is 2.53. The summed E-state index contributed by atoms with van der Waals surface area (Å²) in [6.45, 7) is 4.17. The van der Waals surface area contributed by atoms with E-state index in [0.29, 0.717) is 18.9 Å². The van der Waals surface area contributed by atoms with E-state index in [9.17, 15) is 9.90 Å². The maximum Gasteiger partial charge on any atom is 0.320 e. The summed E-state index contributed by atoms with van der Waals surface area (Å²) in [7, 11) is 1.62. The largest absolute Gasteiger partial charge is 0.493 e. The van der Waals surface area contributed by atoms with Gasteiger partial charge in [0.2, 0.25) is 0 Å². The normalized spacial score (nSPS) is 18.9. The van der Waals surface area contributed by atoms with Crippen LogP contribution >= 0.6 is 0 Å². The minimum absolute atomic E-state index is 0.379. The van der Waals surface area contributed by atoms with Gasteiger partial charge in [-0.3, -0.25) is 9.69 Å². The van der Waals surface area contributed by atoms with Crippen LogP contribution in [0.3, 0.4) is 0 Å². The summed E-state index contributed by atoms with van der Waals surface area (Å²) in [6, 6.07) is 5.46. The number of carbonyl (C=O) groups is 1. The predicted molar refractivity (Wildman–Crippen MR) is 84.5 cm³/mol. The molecule has 0 aromatic heterocycles. The number of aliphatic carboxylic acids is 1. The van der Waals surface area contributed by atoms with Crippen molar-refractivity contribution in [1.82, 2.24) is 4.90 Å². The summed E-state index contributed by atoms with van der Waals surface area (Å²) in [5, 5.41) is 9.34. The SMILES string of the molecule is CCCOc1ccc(CN2CCCCC2C(=O)O)cc1OC. The van der Waals surface area contributed by atoms with Crippen LogP contribution in [0.4, 0.5) is 0 Å². The Hall–Kier alpha value is -1.75. The molecule has 1 unspecified atom stereocenters. The molecule has 5 nitrogen and oxygen atoms in total. The van der Waals surface area contributed by atoms with Gasteiger partial charge in [0.05, 0.1) is 13.7 Å². The van der Waals surface area contributed by atoms with Gasteiger partial charge in [-0.2, -0.15) is 0 Å². The molecule has 5 heteroatoms. The third-order valence-electron chi connectivity index (χ3n) is 3.97. The maximum atomic E-state index is 11.4. The van der Waals surface area contributed by atoms with Gasteiger partial charge >= 0.3 is 5.97 Å². The van der Waals surface area contributed by atoms with Gasteiger partial charge < -0.3 is 14.6 Å². The second-order valence-electron chi connectivity index (χ2n) is 5.65. The summed E-state index contributed by atoms with van der Waals surface area (Å²) in [5.74, 6) is 0.714. The lowest BCUT2D eigenvalue weighted by Crippen LogP contribution is -2.43. The molecule has 1 saturated heterocycles. The first kappa shape index (κ1) is 16.6. The Morgan fingerprint density at radius 1 is 1.36 bits per heavy atom. The van der Waals surface area contributed by atoms with Gasteiger partial charge in [0.1, 0.15) is 6.04 Å². The Morgan fingerprint density at radius 2 is 2.18 bits per heavy atom. The molecule has 122 valence electrons. The third kappa shape index (κ3) is 4.13. The molecule has 1 N–H and O–H groups in total. The molecule has 1 heterocycles. The fraction of sp³-hybridized carbons (Fsp3) is 0.588. The zero-order valence-corrected chi connectivity index (χ0v) is 13.4. The zero-order chi connectivity index (χ0) is 15.9. The first-order valence-electron chi connectivity index (χ1n) is 7.92. The summed E-state index contributed by atoms with van der Waals surface area (Å²) >= 11 is 0. The highest BCUT2D eigenvalue weighted by molar-refractivity contribution is 5.73. The Morgan fingerprint density at radius 3 is 2.86 bits per heavy atom. The van der Waals surface area contributed by atoms with Gasteiger partial charge in [-0.25, -0.2) is 0 Å². The van der Waals surface area contributed by atoms with E-state index in [2.05, 4.69) is 6.92 Å². The van der Waals surface area contributed by atoms with Crippen LogP contribution in [0.5, 0.6) is 11.5 Å². The number of ether oxygens (including phenoxy) is 2. The van der Waals surface area contributed by atoms with Crippen LogP contribution < -0.4 is 9.47 Å². The van der Waals surface area contributed by atoms with Crippen LogP contribution in [0.1, 0.15) is 38.2 Å². The molecule has 22 heavy (non-hydrogen) atoms. The van der Waals surface area contributed by atoms with Crippen LogP contribution in [0.15, 0.2) is 18.2 Å². The molecular formula is C17H25NO4. The number of rotatable bonds is 7. The van der Waals surface area contributed by atoms with Crippen LogP contribution in [-0.2, 0) is 11.3 Å². The predicted octanol–water partition coefficient (Wildman–Crippen LogP) is 2.92. The molecular weight excluding hydrogens is 282 g/mol. The van der Waals surface area contributed by atoms with Gasteiger partial charge in [0, 0.05) is 6.54 Å². The van der Waals surface area contributed by atoms with Gasteiger partial charge in [-0.1, -0.05) is 19.4 Å². The van der Waals surface area contributed by atoms with Crippen LogP contribution in [0.2, 0.25) is 0 Å². The maximum absolute atomic E-state index is 11.4. The summed E-state index contributed by atoms with van der Waals surface area (Å²) in [4.78, 5) is 13.4. The molecule has 1 aliphatic heterocycles. The molecule has 0 amide bonds. The van der Waals surface area contributed by atoms with Crippen molar-refractivity contribution in [3.8, 4) is 11.5 Å².